The summed E-state index contributed by atoms with van der Waals surface area (Å²) in [7, 11) is 0. The Labute approximate surface area is 228 Å². The fraction of sp³-hybridized carbons (Fsp3) is 0.500. The molecule has 0 aromatic carbocycles. The number of halogens is 3. The lowest BCUT2D eigenvalue weighted by molar-refractivity contribution is -0.203. The van der Waals surface area contributed by atoms with E-state index in [1.54, 1.807) is 34.2 Å². The standard InChI is InChI=1S/C26H29F3N8O3/c27-26(28,29)23-19(14-33-34-25(23)39)37-15-18-2-1-6-31-24(18)20(37)16-40-11-5-22(38)36-9-7-35(8-10-36)21-4-3-17(12-30)13-32-21/h1-4,6,13,19-20,23,33H,5,7-11,14-16H2,(H,34,39). The molecule has 40 heavy (non-hydrogen) atoms. The predicted octanol–water partition coefficient (Wildman–Crippen LogP) is 1.14. The van der Waals surface area contributed by atoms with Gasteiger partial charge in [0.05, 0.1) is 36.9 Å². The highest BCUT2D eigenvalue weighted by Crippen LogP contribution is 2.40. The molecule has 0 saturated carbocycles. The van der Waals surface area contributed by atoms with Crippen molar-refractivity contribution in [3.05, 3.63) is 53.5 Å². The van der Waals surface area contributed by atoms with Gasteiger partial charge >= 0.3 is 6.18 Å². The van der Waals surface area contributed by atoms with Crippen molar-refractivity contribution in [3.63, 3.8) is 0 Å². The average Bonchev–Trinajstić information content (AvgIpc) is 3.33. The third-order valence-corrected chi connectivity index (χ3v) is 7.53. The summed E-state index contributed by atoms with van der Waals surface area (Å²) >= 11 is 0. The van der Waals surface area contributed by atoms with E-state index in [4.69, 9.17) is 10.00 Å². The second-order valence-corrected chi connectivity index (χ2v) is 9.90. The third-order valence-electron chi connectivity index (χ3n) is 7.53. The minimum atomic E-state index is -4.71. The molecule has 0 aliphatic carbocycles. The molecule has 3 aliphatic rings. The number of rotatable bonds is 7. The summed E-state index contributed by atoms with van der Waals surface area (Å²) in [6.07, 6.45) is -1.47. The maximum absolute atomic E-state index is 13.9. The van der Waals surface area contributed by atoms with Gasteiger partial charge in [0, 0.05) is 57.7 Å². The lowest BCUT2D eigenvalue weighted by atomic mass is 9.94. The van der Waals surface area contributed by atoms with E-state index in [9.17, 15) is 22.8 Å². The number of fused-ring (bicyclic) bond motifs is 1. The molecule has 2 aromatic rings. The Balaban J connectivity index is 1.15. The summed E-state index contributed by atoms with van der Waals surface area (Å²) in [5.41, 5.74) is 6.56. The second kappa shape index (κ2) is 11.7. The zero-order chi connectivity index (χ0) is 28.3. The fourth-order valence-electron chi connectivity index (χ4n) is 5.50. The molecular weight excluding hydrogens is 529 g/mol. The van der Waals surface area contributed by atoms with Crippen molar-refractivity contribution in [3.8, 4) is 6.07 Å². The lowest BCUT2D eigenvalue weighted by Gasteiger charge is -2.40. The van der Waals surface area contributed by atoms with Crippen LogP contribution < -0.4 is 15.8 Å². The number of carbonyl (C=O) groups is 2. The molecule has 11 nitrogen and oxygen atoms in total. The van der Waals surface area contributed by atoms with E-state index in [1.165, 1.54) is 6.20 Å². The summed E-state index contributed by atoms with van der Waals surface area (Å²) in [5, 5.41) is 8.93. The van der Waals surface area contributed by atoms with Crippen molar-refractivity contribution in [2.45, 2.75) is 31.2 Å². The second-order valence-electron chi connectivity index (χ2n) is 9.90. The van der Waals surface area contributed by atoms with Crippen LogP contribution in [0.15, 0.2) is 36.7 Å². The number of nitrogens with one attached hydrogen (secondary N) is 2. The molecule has 3 aliphatic heterocycles. The van der Waals surface area contributed by atoms with Crippen molar-refractivity contribution in [2.75, 3.05) is 50.8 Å². The van der Waals surface area contributed by atoms with Gasteiger partial charge in [0.15, 0.2) is 5.92 Å². The fourth-order valence-corrected chi connectivity index (χ4v) is 5.50. The molecule has 14 heteroatoms. The van der Waals surface area contributed by atoms with Crippen LogP contribution in [0.3, 0.4) is 0 Å². The van der Waals surface area contributed by atoms with Crippen LogP contribution in [0.2, 0.25) is 0 Å². The van der Waals surface area contributed by atoms with Gasteiger partial charge in [0.1, 0.15) is 11.9 Å². The van der Waals surface area contributed by atoms with Gasteiger partial charge < -0.3 is 14.5 Å². The van der Waals surface area contributed by atoms with Crippen LogP contribution in [0.25, 0.3) is 0 Å². The third kappa shape index (κ3) is 5.86. The number of aromatic nitrogens is 2. The number of piperazine rings is 1. The molecule has 3 unspecified atom stereocenters. The van der Waals surface area contributed by atoms with Crippen LogP contribution in [0.1, 0.15) is 29.3 Å². The Morgan fingerprint density at radius 3 is 2.67 bits per heavy atom. The largest absolute Gasteiger partial charge is 0.402 e. The summed E-state index contributed by atoms with van der Waals surface area (Å²) in [6.45, 7) is 2.52. The van der Waals surface area contributed by atoms with E-state index >= 15 is 0 Å². The van der Waals surface area contributed by atoms with Crippen LogP contribution >= 0.6 is 0 Å². The minimum Gasteiger partial charge on any atom is -0.379 e. The number of nitriles is 1. The van der Waals surface area contributed by atoms with E-state index in [2.05, 4.69) is 25.7 Å². The molecule has 0 radical (unpaired) electrons. The molecule has 2 fully saturated rings. The van der Waals surface area contributed by atoms with Crippen molar-refractivity contribution >= 4 is 17.6 Å². The van der Waals surface area contributed by atoms with Gasteiger partial charge in [0.2, 0.25) is 11.8 Å². The number of pyridine rings is 2. The first-order valence-corrected chi connectivity index (χ1v) is 13.0. The number of carbonyl (C=O) groups excluding carboxylic acids is 2. The number of alkyl halides is 3. The Morgan fingerprint density at radius 1 is 1.18 bits per heavy atom. The summed E-state index contributed by atoms with van der Waals surface area (Å²) in [4.78, 5) is 39.1. The zero-order valence-corrected chi connectivity index (χ0v) is 21.6. The smallest absolute Gasteiger partial charge is 0.379 e. The molecule has 2 saturated heterocycles. The van der Waals surface area contributed by atoms with Gasteiger partial charge in [-0.15, -0.1) is 0 Å². The van der Waals surface area contributed by atoms with Gasteiger partial charge in [-0.1, -0.05) is 6.07 Å². The van der Waals surface area contributed by atoms with E-state index in [0.29, 0.717) is 37.4 Å². The van der Waals surface area contributed by atoms with E-state index in [1.807, 2.05) is 12.1 Å². The molecule has 2 N–H and O–H groups in total. The highest BCUT2D eigenvalue weighted by molar-refractivity contribution is 5.80. The van der Waals surface area contributed by atoms with Crippen LogP contribution in [0.5, 0.6) is 0 Å². The Morgan fingerprint density at radius 2 is 1.98 bits per heavy atom. The number of anilines is 1. The van der Waals surface area contributed by atoms with Crippen LogP contribution in [0, 0.1) is 17.2 Å². The molecule has 0 spiro atoms. The Bertz CT molecular complexity index is 1260. The van der Waals surface area contributed by atoms with Crippen LogP contribution in [-0.2, 0) is 20.9 Å². The van der Waals surface area contributed by atoms with Crippen LogP contribution in [-0.4, -0.2) is 89.7 Å². The predicted molar refractivity (Wildman–Crippen MR) is 135 cm³/mol. The van der Waals surface area contributed by atoms with Gasteiger partial charge in [0.25, 0.3) is 0 Å². The maximum atomic E-state index is 13.9. The maximum Gasteiger partial charge on any atom is 0.402 e. The number of hydrogen-bond donors (Lipinski definition) is 2. The van der Waals surface area contributed by atoms with Gasteiger partial charge in [-0.25, -0.2) is 10.4 Å². The van der Waals surface area contributed by atoms with Crippen molar-refractivity contribution in [1.29, 1.82) is 5.26 Å². The molecule has 2 amide bonds. The first kappa shape index (κ1) is 27.8. The van der Waals surface area contributed by atoms with Crippen molar-refractivity contribution in [2.24, 2.45) is 5.92 Å². The number of nitrogens with zero attached hydrogens (tertiary/aromatic N) is 6. The summed E-state index contributed by atoms with van der Waals surface area (Å²) in [5.74, 6) is -2.62. The number of hydrogen-bond acceptors (Lipinski definition) is 9. The highest BCUT2D eigenvalue weighted by atomic mass is 19.4. The molecule has 0 bridgehead atoms. The van der Waals surface area contributed by atoms with E-state index in [-0.39, 0.29) is 38.6 Å². The monoisotopic (exact) mass is 558 g/mol. The molecule has 5 rings (SSSR count). The lowest BCUT2D eigenvalue weighted by Crippen LogP contribution is -2.64. The van der Waals surface area contributed by atoms with Gasteiger partial charge in [-0.2, -0.15) is 18.4 Å². The number of amides is 2. The first-order chi connectivity index (χ1) is 19.3. The zero-order valence-electron chi connectivity index (χ0n) is 21.6. The Kier molecular flexibility index (Phi) is 8.15. The van der Waals surface area contributed by atoms with E-state index < -0.39 is 30.1 Å². The van der Waals surface area contributed by atoms with Crippen molar-refractivity contribution < 1.29 is 27.5 Å². The first-order valence-electron chi connectivity index (χ1n) is 13.0. The normalized spacial score (nSPS) is 23.4. The highest BCUT2D eigenvalue weighted by Gasteiger charge is 2.55. The average molecular weight is 559 g/mol. The Hall–Kier alpha value is -3.80. The molecule has 3 atom stereocenters. The molecular formula is C26H29F3N8O3. The molecule has 2 aromatic heterocycles. The van der Waals surface area contributed by atoms with E-state index in [0.717, 1.165) is 11.4 Å². The van der Waals surface area contributed by atoms with Gasteiger partial charge in [-0.3, -0.25) is 24.9 Å². The topological polar surface area (TPSA) is 127 Å². The minimum absolute atomic E-state index is 0.0398. The number of hydrazine groups is 1. The van der Waals surface area contributed by atoms with Crippen LogP contribution in [0.4, 0.5) is 19.0 Å². The molecule has 5 heterocycles. The number of ether oxygens (including phenoxy) is 1. The summed E-state index contributed by atoms with van der Waals surface area (Å²) < 4.78 is 47.4. The molecule has 212 valence electrons. The van der Waals surface area contributed by atoms with Crippen molar-refractivity contribution in [1.82, 2.24) is 30.6 Å². The summed E-state index contributed by atoms with van der Waals surface area (Å²) in [6, 6.07) is 7.35. The quantitative estimate of drug-likeness (QED) is 0.481. The SMILES string of the molecule is N#Cc1ccc(N2CCN(C(=O)CCOCC3c4ncccc4CN3C3CNNC(=O)C3C(F)(F)F)CC2)nc1. The van der Waals surface area contributed by atoms with Gasteiger partial charge in [-0.05, 0) is 23.8 Å².